The molecule has 3 amide bonds. The number of hydrogen-bond donors (Lipinski definition) is 2. The number of hydrogen-bond acceptors (Lipinski definition) is 7. The molecule has 2 aromatic rings. The van der Waals surface area contributed by atoms with Gasteiger partial charge in [0.15, 0.2) is 6.10 Å². The highest BCUT2D eigenvalue weighted by atomic mass is 16.5. The number of carbonyl (C=O) groups is 3. The molecular formula is C15H16N4O6. The normalized spacial score (nSPS) is 11.4. The van der Waals surface area contributed by atoms with Crippen LogP contribution in [0.4, 0.5) is 4.79 Å². The summed E-state index contributed by atoms with van der Waals surface area (Å²) >= 11 is 0. The minimum Gasteiger partial charge on any atom is -0.451 e. The van der Waals surface area contributed by atoms with E-state index < -0.39 is 36.3 Å². The monoisotopic (exact) mass is 348 g/mol. The Kier molecular flexibility index (Phi) is 5.66. The van der Waals surface area contributed by atoms with Gasteiger partial charge in [-0.15, -0.1) is 5.10 Å². The summed E-state index contributed by atoms with van der Waals surface area (Å²) in [6.07, 6.45) is -1.22. The van der Waals surface area contributed by atoms with E-state index in [2.05, 4.69) is 10.4 Å². The molecule has 2 rings (SSSR count). The molecule has 0 fully saturated rings. The van der Waals surface area contributed by atoms with Gasteiger partial charge in [0.25, 0.3) is 5.91 Å². The van der Waals surface area contributed by atoms with Crippen molar-refractivity contribution in [3.63, 3.8) is 0 Å². The van der Waals surface area contributed by atoms with Crippen molar-refractivity contribution in [2.75, 3.05) is 7.05 Å². The molecule has 0 saturated carbocycles. The fourth-order valence-corrected chi connectivity index (χ4v) is 1.79. The lowest BCUT2D eigenvalue weighted by molar-refractivity contribution is -0.155. The van der Waals surface area contributed by atoms with E-state index in [1.165, 1.54) is 14.0 Å². The zero-order valence-electron chi connectivity index (χ0n) is 13.5. The Morgan fingerprint density at radius 1 is 1.28 bits per heavy atom. The zero-order chi connectivity index (χ0) is 18.4. The summed E-state index contributed by atoms with van der Waals surface area (Å²) in [5.74, 6) is -2.46. The molecule has 0 spiro atoms. The number of nitrogens with one attached hydrogen (secondary N) is 2. The van der Waals surface area contributed by atoms with Crippen LogP contribution in [0, 0.1) is 0 Å². The molecule has 0 aliphatic rings. The Morgan fingerprint density at radius 3 is 2.60 bits per heavy atom. The molecule has 1 aromatic carbocycles. The molecule has 0 aliphatic carbocycles. The number of esters is 1. The van der Waals surface area contributed by atoms with E-state index in [0.29, 0.717) is 5.56 Å². The molecule has 0 aliphatic heterocycles. The van der Waals surface area contributed by atoms with Crippen LogP contribution >= 0.6 is 0 Å². The first-order chi connectivity index (χ1) is 11.9. The Morgan fingerprint density at radius 2 is 1.96 bits per heavy atom. The van der Waals surface area contributed by atoms with Crippen LogP contribution in [0.3, 0.4) is 0 Å². The van der Waals surface area contributed by atoms with Crippen LogP contribution in [-0.4, -0.2) is 40.8 Å². The van der Waals surface area contributed by atoms with Crippen LogP contribution in [0.1, 0.15) is 6.92 Å². The van der Waals surface area contributed by atoms with Gasteiger partial charge < -0.3 is 14.5 Å². The maximum absolute atomic E-state index is 11.8. The predicted octanol–water partition coefficient (Wildman–Crippen LogP) is -0.109. The number of nitrogens with zero attached hydrogens (tertiary/aromatic N) is 2. The fraction of sp³-hybridized carbons (Fsp3) is 0.267. The molecule has 2 N–H and O–H groups in total. The van der Waals surface area contributed by atoms with Gasteiger partial charge in [0.1, 0.15) is 6.54 Å². The van der Waals surface area contributed by atoms with Crippen LogP contribution in [0.5, 0.6) is 0 Å². The first kappa shape index (κ1) is 17.9. The summed E-state index contributed by atoms with van der Waals surface area (Å²) in [6.45, 7) is 0.754. The van der Waals surface area contributed by atoms with Gasteiger partial charge in [-0.1, -0.05) is 18.2 Å². The quantitative estimate of drug-likeness (QED) is 0.720. The van der Waals surface area contributed by atoms with Gasteiger partial charge in [-0.25, -0.2) is 9.59 Å². The number of imide groups is 1. The average molecular weight is 348 g/mol. The molecule has 1 heterocycles. The lowest BCUT2D eigenvalue weighted by atomic mass is 10.2. The lowest BCUT2D eigenvalue weighted by Gasteiger charge is -2.12. The van der Waals surface area contributed by atoms with Crippen LogP contribution in [0.25, 0.3) is 11.5 Å². The van der Waals surface area contributed by atoms with E-state index in [-0.39, 0.29) is 5.89 Å². The molecule has 10 nitrogen and oxygen atoms in total. The van der Waals surface area contributed by atoms with E-state index in [1.807, 2.05) is 5.32 Å². The SMILES string of the molecule is CNC(=O)NC(=O)C(C)OC(=O)Cn1nc(-c2ccccc2)oc1=O. The lowest BCUT2D eigenvalue weighted by Crippen LogP contribution is -2.43. The Hall–Kier alpha value is -3.43. The third-order valence-electron chi connectivity index (χ3n) is 3.05. The van der Waals surface area contributed by atoms with Crippen molar-refractivity contribution in [1.82, 2.24) is 20.4 Å². The van der Waals surface area contributed by atoms with Crippen LogP contribution in [0.15, 0.2) is 39.5 Å². The van der Waals surface area contributed by atoms with Crippen molar-refractivity contribution >= 4 is 17.9 Å². The predicted molar refractivity (Wildman–Crippen MR) is 84.4 cm³/mol. The van der Waals surface area contributed by atoms with Crippen LogP contribution in [-0.2, 0) is 20.9 Å². The Bertz CT molecular complexity index is 826. The molecule has 25 heavy (non-hydrogen) atoms. The van der Waals surface area contributed by atoms with E-state index in [4.69, 9.17) is 9.15 Å². The summed E-state index contributed by atoms with van der Waals surface area (Å²) in [5, 5.41) is 8.06. The largest absolute Gasteiger partial charge is 0.451 e. The number of benzene rings is 1. The van der Waals surface area contributed by atoms with Gasteiger partial charge in [-0.3, -0.25) is 14.9 Å². The van der Waals surface area contributed by atoms with Crippen molar-refractivity contribution in [2.24, 2.45) is 0 Å². The highest BCUT2D eigenvalue weighted by molar-refractivity contribution is 5.96. The first-order valence-electron chi connectivity index (χ1n) is 7.26. The molecule has 1 atom stereocenters. The number of ether oxygens (including phenoxy) is 1. The van der Waals surface area contributed by atoms with Gasteiger partial charge in [0.2, 0.25) is 5.89 Å². The fourth-order valence-electron chi connectivity index (χ4n) is 1.79. The summed E-state index contributed by atoms with van der Waals surface area (Å²) < 4.78 is 10.6. The third-order valence-corrected chi connectivity index (χ3v) is 3.05. The number of aromatic nitrogens is 2. The van der Waals surface area contributed by atoms with E-state index in [9.17, 15) is 19.2 Å². The van der Waals surface area contributed by atoms with Crippen LogP contribution < -0.4 is 16.4 Å². The van der Waals surface area contributed by atoms with Crippen molar-refractivity contribution in [3.8, 4) is 11.5 Å². The molecule has 1 unspecified atom stereocenters. The Labute approximate surface area is 141 Å². The van der Waals surface area contributed by atoms with Gasteiger partial charge >= 0.3 is 17.8 Å². The summed E-state index contributed by atoms with van der Waals surface area (Å²) in [7, 11) is 1.33. The van der Waals surface area contributed by atoms with E-state index in [0.717, 1.165) is 4.68 Å². The summed E-state index contributed by atoms with van der Waals surface area (Å²) in [5.41, 5.74) is 0.574. The maximum Gasteiger partial charge on any atom is 0.437 e. The third kappa shape index (κ3) is 4.77. The maximum atomic E-state index is 11.8. The standard InChI is InChI=1S/C15H16N4O6/c1-9(12(21)17-14(22)16-2)24-11(20)8-19-15(23)25-13(18-19)10-6-4-3-5-7-10/h3-7,9H,8H2,1-2H3,(H2,16,17,21,22). The van der Waals surface area contributed by atoms with Gasteiger partial charge in [0.05, 0.1) is 0 Å². The minimum atomic E-state index is -1.22. The second kappa shape index (κ2) is 7.90. The van der Waals surface area contributed by atoms with Gasteiger partial charge in [0, 0.05) is 12.6 Å². The summed E-state index contributed by atoms with van der Waals surface area (Å²) in [6, 6.07) is 7.94. The van der Waals surface area contributed by atoms with Crippen LogP contribution in [0.2, 0.25) is 0 Å². The number of rotatable bonds is 5. The molecular weight excluding hydrogens is 332 g/mol. The van der Waals surface area contributed by atoms with Crippen molar-refractivity contribution in [1.29, 1.82) is 0 Å². The summed E-state index contributed by atoms with van der Waals surface area (Å²) in [4.78, 5) is 46.2. The van der Waals surface area contributed by atoms with E-state index in [1.54, 1.807) is 30.3 Å². The molecule has 0 radical (unpaired) electrons. The number of urea groups is 1. The smallest absolute Gasteiger partial charge is 0.437 e. The molecule has 132 valence electrons. The topological polar surface area (TPSA) is 133 Å². The van der Waals surface area contributed by atoms with Gasteiger partial charge in [-0.2, -0.15) is 4.68 Å². The second-order valence-electron chi connectivity index (χ2n) is 4.90. The van der Waals surface area contributed by atoms with Crippen molar-refractivity contribution in [3.05, 3.63) is 40.9 Å². The molecule has 1 aromatic heterocycles. The average Bonchev–Trinajstić information content (AvgIpc) is 2.96. The minimum absolute atomic E-state index is 0.0591. The molecule has 10 heteroatoms. The van der Waals surface area contributed by atoms with Crippen molar-refractivity contribution < 1.29 is 23.5 Å². The first-order valence-corrected chi connectivity index (χ1v) is 7.26. The van der Waals surface area contributed by atoms with Gasteiger partial charge in [-0.05, 0) is 19.1 Å². The number of carbonyl (C=O) groups excluding carboxylic acids is 3. The van der Waals surface area contributed by atoms with E-state index >= 15 is 0 Å². The second-order valence-corrected chi connectivity index (χ2v) is 4.90. The number of amides is 3. The Balaban J connectivity index is 1.99. The molecule has 0 saturated heterocycles. The molecule has 0 bridgehead atoms. The highest BCUT2D eigenvalue weighted by Crippen LogP contribution is 2.13. The zero-order valence-corrected chi connectivity index (χ0v) is 13.5. The van der Waals surface area contributed by atoms with Crippen molar-refractivity contribution in [2.45, 2.75) is 19.6 Å². The highest BCUT2D eigenvalue weighted by Gasteiger charge is 2.21.